The van der Waals surface area contributed by atoms with Crippen LogP contribution in [-0.2, 0) is 19.1 Å². The molecule has 0 heterocycles. The fourth-order valence-electron chi connectivity index (χ4n) is 3.06. The van der Waals surface area contributed by atoms with E-state index in [9.17, 15) is 19.2 Å². The number of hydrogen-bond donors (Lipinski definition) is 6. The average Bonchev–Trinajstić information content (AvgIpc) is 2.82. The van der Waals surface area contributed by atoms with E-state index in [1.54, 1.807) is 0 Å². The minimum atomic E-state index is -0.908. The molecule has 13 heteroatoms. The molecule has 0 spiro atoms. The molecule has 0 aromatic rings. The van der Waals surface area contributed by atoms with Gasteiger partial charge in [0.15, 0.2) is 0 Å². The highest BCUT2D eigenvalue weighted by Gasteiger charge is 2.21. The number of carbonyl (C=O) groups is 4. The first-order chi connectivity index (χ1) is 17.2. The zero-order chi connectivity index (χ0) is 27.6. The van der Waals surface area contributed by atoms with E-state index in [2.05, 4.69) is 5.32 Å². The third-order valence-corrected chi connectivity index (χ3v) is 4.86. The van der Waals surface area contributed by atoms with Gasteiger partial charge in [-0.25, -0.2) is 9.59 Å². The predicted octanol–water partition coefficient (Wildman–Crippen LogP) is 0.274. The number of nitrogens with two attached hydrogens (primary N) is 5. The van der Waals surface area contributed by atoms with Crippen molar-refractivity contribution in [1.29, 1.82) is 0 Å². The van der Waals surface area contributed by atoms with E-state index in [1.807, 2.05) is 6.92 Å². The molecule has 36 heavy (non-hydrogen) atoms. The van der Waals surface area contributed by atoms with Crippen LogP contribution in [0.3, 0.4) is 0 Å². The number of rotatable bonds is 20. The molecular weight excluding hydrogens is 470 g/mol. The van der Waals surface area contributed by atoms with Crippen molar-refractivity contribution in [1.82, 2.24) is 10.2 Å². The third-order valence-electron chi connectivity index (χ3n) is 4.86. The lowest BCUT2D eigenvalue weighted by molar-refractivity contribution is -0.123. The lowest BCUT2D eigenvalue weighted by atomic mass is 10.1. The Hall–Kier alpha value is -2.64. The predicted molar refractivity (Wildman–Crippen MR) is 139 cm³/mol. The molecule has 4 amide bonds. The van der Waals surface area contributed by atoms with Crippen molar-refractivity contribution in [2.75, 3.05) is 45.9 Å². The van der Waals surface area contributed by atoms with Gasteiger partial charge in [0, 0.05) is 19.5 Å². The second kappa shape index (κ2) is 25.5. The first-order valence-corrected chi connectivity index (χ1v) is 12.7. The Morgan fingerprint density at radius 2 is 1.44 bits per heavy atom. The maximum atomic E-state index is 12.5. The molecule has 0 bridgehead atoms. The van der Waals surface area contributed by atoms with Crippen LogP contribution in [0.4, 0.5) is 9.59 Å². The minimum absolute atomic E-state index is 0.0373. The van der Waals surface area contributed by atoms with E-state index >= 15 is 0 Å². The summed E-state index contributed by atoms with van der Waals surface area (Å²) < 4.78 is 9.90. The lowest BCUT2D eigenvalue weighted by Crippen LogP contribution is -2.46. The van der Waals surface area contributed by atoms with E-state index in [-0.39, 0.29) is 38.1 Å². The summed E-state index contributed by atoms with van der Waals surface area (Å²) in [4.78, 5) is 46.8. The van der Waals surface area contributed by atoms with Crippen molar-refractivity contribution in [2.24, 2.45) is 28.7 Å². The van der Waals surface area contributed by atoms with E-state index in [0.717, 1.165) is 51.4 Å². The molecule has 0 aliphatic heterocycles. The van der Waals surface area contributed by atoms with Crippen LogP contribution in [0.15, 0.2) is 0 Å². The Bertz CT molecular complexity index is 595. The van der Waals surface area contributed by atoms with E-state index in [1.165, 1.54) is 4.90 Å². The molecule has 1 unspecified atom stereocenters. The molecule has 13 nitrogen and oxygen atoms in total. The van der Waals surface area contributed by atoms with Crippen LogP contribution in [-0.4, -0.2) is 80.9 Å². The quantitative estimate of drug-likeness (QED) is 0.121. The van der Waals surface area contributed by atoms with Gasteiger partial charge in [-0.3, -0.25) is 14.5 Å². The highest BCUT2D eigenvalue weighted by Crippen LogP contribution is 2.06. The average molecular weight is 520 g/mol. The Balaban J connectivity index is 0. The van der Waals surface area contributed by atoms with Crippen molar-refractivity contribution in [3.05, 3.63) is 0 Å². The number of nitrogens with zero attached hydrogens (tertiary/aromatic N) is 1. The molecule has 0 aromatic heterocycles. The largest absolute Gasteiger partial charge is 0.448 e. The van der Waals surface area contributed by atoms with Crippen molar-refractivity contribution >= 4 is 24.0 Å². The van der Waals surface area contributed by atoms with Crippen LogP contribution in [0, 0.1) is 0 Å². The zero-order valence-corrected chi connectivity index (χ0v) is 21.9. The van der Waals surface area contributed by atoms with Crippen LogP contribution >= 0.6 is 0 Å². The van der Waals surface area contributed by atoms with Gasteiger partial charge >= 0.3 is 12.2 Å². The van der Waals surface area contributed by atoms with Gasteiger partial charge in [0.2, 0.25) is 11.8 Å². The summed E-state index contributed by atoms with van der Waals surface area (Å²) in [6, 6.07) is -0.408. The van der Waals surface area contributed by atoms with Crippen LogP contribution in [0.25, 0.3) is 0 Å². The number of carbonyl (C=O) groups excluding carboxylic acids is 4. The van der Waals surface area contributed by atoms with Crippen LogP contribution in [0.1, 0.15) is 71.1 Å². The second-order valence-corrected chi connectivity index (χ2v) is 8.28. The minimum Gasteiger partial charge on any atom is -0.448 e. The summed E-state index contributed by atoms with van der Waals surface area (Å²) in [6.45, 7) is 3.62. The molecule has 1 atom stereocenters. The zero-order valence-electron chi connectivity index (χ0n) is 21.9. The molecule has 0 rings (SSSR count). The maximum Gasteiger partial charge on any atom is 0.410 e. The Morgan fingerprint density at radius 1 is 0.833 bits per heavy atom. The van der Waals surface area contributed by atoms with Crippen molar-refractivity contribution in [3.63, 3.8) is 0 Å². The lowest BCUT2D eigenvalue weighted by Gasteiger charge is -2.24. The van der Waals surface area contributed by atoms with Gasteiger partial charge in [-0.05, 0) is 45.2 Å². The summed E-state index contributed by atoms with van der Waals surface area (Å²) in [5, 5.41) is 2.79. The summed E-state index contributed by atoms with van der Waals surface area (Å²) >= 11 is 0. The highest BCUT2D eigenvalue weighted by atomic mass is 16.6. The van der Waals surface area contributed by atoms with E-state index in [4.69, 9.17) is 38.1 Å². The molecule has 212 valence electrons. The first kappa shape index (κ1) is 35.5. The molecule has 11 N–H and O–H groups in total. The SMILES string of the molecule is CCCC(N)=O.NCCCCCCCN(CC(=O)NC(CCCCN)COC(N)=O)C(=O)OCCN. The number of unbranched alkanes of at least 4 members (excludes halogenated alkanes) is 5. The Morgan fingerprint density at radius 3 is 1.97 bits per heavy atom. The van der Waals surface area contributed by atoms with Gasteiger partial charge in [0.25, 0.3) is 0 Å². The smallest absolute Gasteiger partial charge is 0.410 e. The molecule has 0 fully saturated rings. The normalized spacial score (nSPS) is 11.0. The van der Waals surface area contributed by atoms with Crippen molar-refractivity contribution in [2.45, 2.75) is 77.2 Å². The van der Waals surface area contributed by atoms with Crippen LogP contribution in [0.5, 0.6) is 0 Å². The van der Waals surface area contributed by atoms with Gasteiger partial charge in [-0.2, -0.15) is 0 Å². The van der Waals surface area contributed by atoms with Gasteiger partial charge in [-0.1, -0.05) is 32.6 Å². The van der Waals surface area contributed by atoms with Gasteiger partial charge in [0.05, 0.1) is 6.04 Å². The third kappa shape index (κ3) is 24.5. The standard InChI is InChI=1S/C19H40N6O5.C4H9NO/c20-9-5-2-1-3-7-12-25(19(28)29-13-11-22)14-17(26)24-16(8-4-6-10-21)15-30-18(23)27;1-2-3-4(5)6/h16H,1-15,20-22H2,(H2,23,27)(H,24,26);2-3H2,1H3,(H2,5,6). The molecule has 0 radical (unpaired) electrons. The number of hydrogen-bond acceptors (Lipinski definition) is 9. The fraction of sp³-hybridized carbons (Fsp3) is 0.826. The summed E-state index contributed by atoms with van der Waals surface area (Å²) in [5.74, 6) is -0.578. The fourth-order valence-corrected chi connectivity index (χ4v) is 3.06. The van der Waals surface area contributed by atoms with Crippen molar-refractivity contribution < 1.29 is 28.7 Å². The molecular formula is C23H49N7O6. The molecule has 0 saturated heterocycles. The number of primary amides is 2. The van der Waals surface area contributed by atoms with Crippen molar-refractivity contribution in [3.8, 4) is 0 Å². The molecule has 0 aliphatic rings. The number of nitrogens with one attached hydrogen (secondary N) is 1. The number of ether oxygens (including phenoxy) is 2. The van der Waals surface area contributed by atoms with E-state index < -0.39 is 18.2 Å². The molecule has 0 aromatic carbocycles. The van der Waals surface area contributed by atoms with E-state index in [0.29, 0.717) is 32.5 Å². The van der Waals surface area contributed by atoms with Gasteiger partial charge < -0.3 is 43.5 Å². The number of amides is 4. The Kier molecular flexibility index (Phi) is 25.1. The van der Waals surface area contributed by atoms with Gasteiger partial charge in [0.1, 0.15) is 19.8 Å². The first-order valence-electron chi connectivity index (χ1n) is 12.7. The van der Waals surface area contributed by atoms with Crippen LogP contribution < -0.4 is 34.0 Å². The topological polar surface area (TPSA) is 232 Å². The maximum absolute atomic E-state index is 12.5. The summed E-state index contributed by atoms with van der Waals surface area (Å²) in [7, 11) is 0. The second-order valence-electron chi connectivity index (χ2n) is 8.28. The monoisotopic (exact) mass is 519 g/mol. The summed E-state index contributed by atoms with van der Waals surface area (Å²) in [6.07, 6.45) is 6.71. The highest BCUT2D eigenvalue weighted by molar-refractivity contribution is 5.82. The van der Waals surface area contributed by atoms with Gasteiger partial charge in [-0.15, -0.1) is 0 Å². The molecule has 0 saturated carbocycles. The molecule has 0 aliphatic carbocycles. The summed E-state index contributed by atoms with van der Waals surface area (Å²) in [5.41, 5.74) is 26.1. The Labute approximate surface area is 215 Å². The van der Waals surface area contributed by atoms with Crippen LogP contribution in [0.2, 0.25) is 0 Å².